The van der Waals surface area contributed by atoms with E-state index in [0.717, 1.165) is 18.0 Å². The van der Waals surface area contributed by atoms with E-state index in [1.165, 1.54) is 5.56 Å². The third kappa shape index (κ3) is 3.91. The summed E-state index contributed by atoms with van der Waals surface area (Å²) < 4.78 is 0. The smallest absolute Gasteiger partial charge is 0.0929 e. The zero-order valence-electron chi connectivity index (χ0n) is 9.94. The highest BCUT2D eigenvalue weighted by Gasteiger charge is 2.15. The lowest BCUT2D eigenvalue weighted by Crippen LogP contribution is -2.43. The molecule has 0 aliphatic rings. The lowest BCUT2D eigenvalue weighted by atomic mass is 10.00. The lowest BCUT2D eigenvalue weighted by Gasteiger charge is -2.20. The summed E-state index contributed by atoms with van der Waals surface area (Å²) in [6, 6.07) is 10.2. The summed E-state index contributed by atoms with van der Waals surface area (Å²) in [5, 5.41) is 3.22. The van der Waals surface area contributed by atoms with Crippen LogP contribution in [0.4, 0.5) is 0 Å². The van der Waals surface area contributed by atoms with Gasteiger partial charge in [-0.25, -0.2) is 0 Å². The summed E-state index contributed by atoms with van der Waals surface area (Å²) in [4.78, 5) is 0.762. The van der Waals surface area contributed by atoms with Gasteiger partial charge in [0, 0.05) is 6.54 Å². The molecule has 0 heterocycles. The molecule has 0 spiro atoms. The molecule has 2 atom stereocenters. The minimum Gasteiger partial charge on any atom is -0.374 e. The first-order chi connectivity index (χ1) is 7.65. The van der Waals surface area contributed by atoms with E-state index in [4.69, 9.17) is 18.0 Å². The highest BCUT2D eigenvalue weighted by atomic mass is 32.1. The van der Waals surface area contributed by atoms with Gasteiger partial charge in [0.05, 0.1) is 11.0 Å². The third-order valence-corrected chi connectivity index (χ3v) is 3.29. The van der Waals surface area contributed by atoms with E-state index in [1.54, 1.807) is 0 Å². The molecule has 0 bridgehead atoms. The van der Waals surface area contributed by atoms with Gasteiger partial charge in [-0.2, -0.15) is 0 Å². The minimum atomic E-state index is -0.0382. The SMILES string of the molecule is CCC(C)C(N)C(=S)NCc1ccccc1. The molecule has 1 aromatic carbocycles. The van der Waals surface area contributed by atoms with Gasteiger partial charge in [0.2, 0.25) is 0 Å². The van der Waals surface area contributed by atoms with Crippen LogP contribution in [0.1, 0.15) is 25.8 Å². The van der Waals surface area contributed by atoms with Crippen LogP contribution < -0.4 is 11.1 Å². The van der Waals surface area contributed by atoms with Crippen LogP contribution in [0.2, 0.25) is 0 Å². The Morgan fingerprint density at radius 3 is 2.56 bits per heavy atom. The molecule has 3 N–H and O–H groups in total. The molecule has 3 heteroatoms. The molecular formula is C13H20N2S. The van der Waals surface area contributed by atoms with E-state index in [-0.39, 0.29) is 6.04 Å². The van der Waals surface area contributed by atoms with Crippen LogP contribution in [-0.2, 0) is 6.54 Å². The van der Waals surface area contributed by atoms with Crippen molar-refractivity contribution in [3.05, 3.63) is 35.9 Å². The maximum absolute atomic E-state index is 6.03. The predicted octanol–water partition coefficient (Wildman–Crippen LogP) is 2.48. The number of benzene rings is 1. The summed E-state index contributed by atoms with van der Waals surface area (Å²) in [7, 11) is 0. The van der Waals surface area contributed by atoms with Crippen LogP contribution in [0.5, 0.6) is 0 Å². The molecule has 0 saturated carbocycles. The van der Waals surface area contributed by atoms with Crippen molar-refractivity contribution >= 4 is 17.2 Å². The molecule has 16 heavy (non-hydrogen) atoms. The first kappa shape index (κ1) is 13.1. The van der Waals surface area contributed by atoms with Crippen LogP contribution in [0.3, 0.4) is 0 Å². The molecule has 0 radical (unpaired) electrons. The molecule has 1 aromatic rings. The number of nitrogens with two attached hydrogens (primary N) is 1. The molecule has 2 nitrogen and oxygen atoms in total. The van der Waals surface area contributed by atoms with E-state index in [9.17, 15) is 0 Å². The summed E-state index contributed by atoms with van der Waals surface area (Å²) in [5.41, 5.74) is 7.26. The highest BCUT2D eigenvalue weighted by Crippen LogP contribution is 2.06. The summed E-state index contributed by atoms with van der Waals surface area (Å²) in [6.45, 7) is 5.01. The Morgan fingerprint density at radius 1 is 1.38 bits per heavy atom. The molecule has 0 aromatic heterocycles. The zero-order valence-corrected chi connectivity index (χ0v) is 10.8. The molecule has 0 aliphatic carbocycles. The zero-order chi connectivity index (χ0) is 12.0. The van der Waals surface area contributed by atoms with E-state index in [1.807, 2.05) is 18.2 Å². The average Bonchev–Trinajstić information content (AvgIpc) is 2.35. The maximum atomic E-state index is 6.03. The molecule has 0 amide bonds. The van der Waals surface area contributed by atoms with Crippen LogP contribution in [0.25, 0.3) is 0 Å². The van der Waals surface area contributed by atoms with Gasteiger partial charge in [-0.1, -0.05) is 62.8 Å². The topological polar surface area (TPSA) is 38.0 Å². The van der Waals surface area contributed by atoms with Gasteiger partial charge in [0.15, 0.2) is 0 Å². The van der Waals surface area contributed by atoms with Gasteiger partial charge in [-0.15, -0.1) is 0 Å². The summed E-state index contributed by atoms with van der Waals surface area (Å²) >= 11 is 5.28. The highest BCUT2D eigenvalue weighted by molar-refractivity contribution is 7.80. The Labute approximate surface area is 103 Å². The Kier molecular flexibility index (Phi) is 5.43. The van der Waals surface area contributed by atoms with E-state index >= 15 is 0 Å². The van der Waals surface area contributed by atoms with Gasteiger partial charge >= 0.3 is 0 Å². The van der Waals surface area contributed by atoms with Gasteiger partial charge in [0.25, 0.3) is 0 Å². The van der Waals surface area contributed by atoms with Gasteiger partial charge in [-0.3, -0.25) is 0 Å². The average molecular weight is 236 g/mol. The first-order valence-electron chi connectivity index (χ1n) is 5.72. The van der Waals surface area contributed by atoms with Crippen molar-refractivity contribution in [2.45, 2.75) is 32.9 Å². The van der Waals surface area contributed by atoms with E-state index < -0.39 is 0 Å². The Balaban J connectivity index is 2.41. The fourth-order valence-electron chi connectivity index (χ4n) is 1.42. The lowest BCUT2D eigenvalue weighted by molar-refractivity contribution is 0.517. The molecule has 0 aliphatic heterocycles. The molecule has 0 saturated heterocycles. The van der Waals surface area contributed by atoms with Gasteiger partial charge in [-0.05, 0) is 11.5 Å². The van der Waals surface area contributed by atoms with E-state index in [2.05, 4.69) is 31.3 Å². The fourth-order valence-corrected chi connectivity index (χ4v) is 1.72. The Bertz CT molecular complexity index is 324. The Morgan fingerprint density at radius 2 is 2.00 bits per heavy atom. The quantitative estimate of drug-likeness (QED) is 0.771. The number of thiocarbonyl (C=S) groups is 1. The molecular weight excluding hydrogens is 216 g/mol. The van der Waals surface area contributed by atoms with Crippen LogP contribution in [-0.4, -0.2) is 11.0 Å². The maximum Gasteiger partial charge on any atom is 0.0929 e. The van der Waals surface area contributed by atoms with Crippen molar-refractivity contribution in [2.75, 3.05) is 0 Å². The van der Waals surface area contributed by atoms with E-state index in [0.29, 0.717) is 5.92 Å². The number of rotatable bonds is 5. The van der Waals surface area contributed by atoms with Crippen molar-refractivity contribution in [1.29, 1.82) is 0 Å². The monoisotopic (exact) mass is 236 g/mol. The number of hydrogen-bond acceptors (Lipinski definition) is 2. The largest absolute Gasteiger partial charge is 0.374 e. The predicted molar refractivity (Wildman–Crippen MR) is 73.3 cm³/mol. The second-order valence-corrected chi connectivity index (χ2v) is 4.55. The van der Waals surface area contributed by atoms with Crippen LogP contribution >= 0.6 is 12.2 Å². The summed E-state index contributed by atoms with van der Waals surface area (Å²) in [6.07, 6.45) is 1.05. The number of hydrogen-bond donors (Lipinski definition) is 2. The second-order valence-electron chi connectivity index (χ2n) is 4.11. The molecule has 0 fully saturated rings. The molecule has 2 unspecified atom stereocenters. The Hall–Kier alpha value is -0.930. The van der Waals surface area contributed by atoms with Crippen molar-refractivity contribution < 1.29 is 0 Å². The van der Waals surface area contributed by atoms with Crippen molar-refractivity contribution in [3.8, 4) is 0 Å². The molecule has 88 valence electrons. The standard InChI is InChI=1S/C13H20N2S/c1-3-10(2)12(14)13(16)15-9-11-7-5-4-6-8-11/h4-8,10,12H,3,9,14H2,1-2H3,(H,15,16). The third-order valence-electron chi connectivity index (χ3n) is 2.87. The van der Waals surface area contributed by atoms with Gasteiger partial charge < -0.3 is 11.1 Å². The molecule has 1 rings (SSSR count). The summed E-state index contributed by atoms with van der Waals surface area (Å²) in [5.74, 6) is 0.427. The van der Waals surface area contributed by atoms with Crippen molar-refractivity contribution in [2.24, 2.45) is 11.7 Å². The normalized spacial score (nSPS) is 14.2. The van der Waals surface area contributed by atoms with Gasteiger partial charge in [0.1, 0.15) is 0 Å². The first-order valence-corrected chi connectivity index (χ1v) is 6.13. The van der Waals surface area contributed by atoms with Crippen LogP contribution in [0, 0.1) is 5.92 Å². The second kappa shape index (κ2) is 6.61. The van der Waals surface area contributed by atoms with Crippen molar-refractivity contribution in [3.63, 3.8) is 0 Å². The minimum absolute atomic E-state index is 0.0382. The number of nitrogens with one attached hydrogen (secondary N) is 1. The van der Waals surface area contributed by atoms with Crippen LogP contribution in [0.15, 0.2) is 30.3 Å². The fraction of sp³-hybridized carbons (Fsp3) is 0.462. The van der Waals surface area contributed by atoms with Crippen molar-refractivity contribution in [1.82, 2.24) is 5.32 Å².